The van der Waals surface area contributed by atoms with Crippen LogP contribution in [0.3, 0.4) is 0 Å². The lowest BCUT2D eigenvalue weighted by Crippen LogP contribution is -2.29. The minimum Gasteiger partial charge on any atom is -0.468 e. The van der Waals surface area contributed by atoms with Gasteiger partial charge in [0.2, 0.25) is 0 Å². The average Bonchev–Trinajstić information content (AvgIpc) is 2.94. The molecule has 0 atom stereocenters. The average molecular weight is 269 g/mol. The third-order valence-electron chi connectivity index (χ3n) is 1.98. The number of amides is 1. The van der Waals surface area contributed by atoms with Crippen molar-refractivity contribution in [3.63, 3.8) is 0 Å². The van der Waals surface area contributed by atoms with Crippen LogP contribution in [0.5, 0.6) is 0 Å². The number of nitrogens with zero attached hydrogens (tertiary/aromatic N) is 1. The quantitative estimate of drug-likeness (QED) is 0.384. The molecule has 2 rings (SSSR count). The van der Waals surface area contributed by atoms with Gasteiger partial charge in [0, 0.05) is 11.1 Å². The Bertz CT molecular complexity index is 521. The van der Waals surface area contributed by atoms with E-state index in [1.165, 1.54) is 6.26 Å². The number of thioether (sulfide) groups is 1. The van der Waals surface area contributed by atoms with E-state index in [0.29, 0.717) is 11.3 Å². The summed E-state index contributed by atoms with van der Waals surface area (Å²) in [4.78, 5) is 15.5. The number of thiazole rings is 1. The zero-order valence-electron chi connectivity index (χ0n) is 9.10. The highest BCUT2D eigenvalue weighted by Crippen LogP contribution is 2.26. The fourth-order valence-electron chi connectivity index (χ4n) is 1.19. The van der Waals surface area contributed by atoms with Crippen molar-refractivity contribution < 1.29 is 9.21 Å². The van der Waals surface area contributed by atoms with E-state index in [4.69, 9.17) is 10.3 Å². The number of nitrogen functional groups attached to an aromatic ring is 1. The molecule has 0 radical (unpaired) electrons. The van der Waals surface area contributed by atoms with Gasteiger partial charge in [-0.05, 0) is 13.0 Å². The fourth-order valence-corrected chi connectivity index (χ4v) is 2.93. The summed E-state index contributed by atoms with van der Waals surface area (Å²) in [7, 11) is 0. The maximum atomic E-state index is 11.2. The first-order chi connectivity index (χ1) is 8.19. The number of carbonyl (C=O) groups is 1. The van der Waals surface area contributed by atoms with Crippen LogP contribution >= 0.6 is 23.1 Å². The monoisotopic (exact) mass is 269 g/mol. The molecule has 1 amide bonds. The number of hydrogen-bond acceptors (Lipinski definition) is 6. The summed E-state index contributed by atoms with van der Waals surface area (Å²) in [5, 5.41) is 2.00. The Morgan fingerprint density at radius 2 is 2.53 bits per heavy atom. The van der Waals surface area contributed by atoms with Gasteiger partial charge in [-0.3, -0.25) is 10.2 Å². The molecule has 0 saturated heterocycles. The van der Waals surface area contributed by atoms with Gasteiger partial charge in [0.05, 0.1) is 11.3 Å². The van der Waals surface area contributed by atoms with E-state index in [1.54, 1.807) is 29.2 Å². The third-order valence-corrected chi connectivity index (χ3v) is 4.14. The van der Waals surface area contributed by atoms with Gasteiger partial charge in [-0.25, -0.2) is 10.8 Å². The van der Waals surface area contributed by atoms with Crippen LogP contribution in [0.25, 0.3) is 0 Å². The molecule has 0 aliphatic heterocycles. The molecule has 17 heavy (non-hydrogen) atoms. The number of nitrogens with two attached hydrogens (primary N) is 1. The van der Waals surface area contributed by atoms with Crippen molar-refractivity contribution in [1.29, 1.82) is 0 Å². The van der Waals surface area contributed by atoms with Crippen LogP contribution in [0.4, 0.5) is 0 Å². The molecule has 0 saturated carbocycles. The smallest absolute Gasteiger partial charge is 0.268 e. The molecule has 2 aromatic rings. The minimum atomic E-state index is -0.352. The van der Waals surface area contributed by atoms with Crippen LogP contribution in [0.1, 0.15) is 21.8 Å². The Morgan fingerprint density at radius 3 is 3.18 bits per heavy atom. The number of hydrazine groups is 1. The van der Waals surface area contributed by atoms with Gasteiger partial charge in [-0.1, -0.05) is 11.8 Å². The highest BCUT2D eigenvalue weighted by atomic mass is 32.2. The highest BCUT2D eigenvalue weighted by molar-refractivity contribution is 8.00. The molecule has 0 bridgehead atoms. The molecule has 0 unspecified atom stereocenters. The summed E-state index contributed by atoms with van der Waals surface area (Å²) in [5.74, 6) is 6.04. The van der Waals surface area contributed by atoms with Crippen LogP contribution < -0.4 is 11.3 Å². The normalized spacial score (nSPS) is 10.5. The molecule has 7 heteroatoms. The first-order valence-corrected chi connectivity index (χ1v) is 6.69. The first kappa shape index (κ1) is 12.2. The minimum absolute atomic E-state index is 0.352. The lowest BCUT2D eigenvalue weighted by molar-refractivity contribution is 0.0953. The molecule has 2 heterocycles. The number of hydrogen-bond donors (Lipinski definition) is 2. The second-order valence-electron chi connectivity index (χ2n) is 3.32. The number of furan rings is 1. The number of carbonyl (C=O) groups excluding carboxylic acids is 1. The molecule has 0 spiro atoms. The lowest BCUT2D eigenvalue weighted by atomic mass is 10.3. The molecule has 0 aliphatic carbocycles. The van der Waals surface area contributed by atoms with Crippen LogP contribution in [-0.2, 0) is 5.75 Å². The van der Waals surface area contributed by atoms with Crippen molar-refractivity contribution in [3.05, 3.63) is 34.7 Å². The van der Waals surface area contributed by atoms with Crippen molar-refractivity contribution in [3.8, 4) is 0 Å². The Morgan fingerprint density at radius 1 is 1.71 bits per heavy atom. The predicted molar refractivity (Wildman–Crippen MR) is 66.8 cm³/mol. The Balaban J connectivity index is 1.95. The van der Waals surface area contributed by atoms with Gasteiger partial charge in [0.15, 0.2) is 4.34 Å². The lowest BCUT2D eigenvalue weighted by Gasteiger charge is -1.93. The van der Waals surface area contributed by atoms with E-state index in [-0.39, 0.29) is 5.91 Å². The molecule has 90 valence electrons. The topological polar surface area (TPSA) is 81.2 Å². The number of aromatic nitrogens is 1. The van der Waals surface area contributed by atoms with E-state index in [1.807, 2.05) is 12.3 Å². The van der Waals surface area contributed by atoms with E-state index in [9.17, 15) is 4.79 Å². The number of aryl methyl sites for hydroxylation is 1. The van der Waals surface area contributed by atoms with E-state index in [2.05, 4.69) is 10.4 Å². The fraction of sp³-hybridized carbons (Fsp3) is 0.200. The van der Waals surface area contributed by atoms with Crippen molar-refractivity contribution in [1.82, 2.24) is 10.4 Å². The molecule has 0 aliphatic rings. The van der Waals surface area contributed by atoms with E-state index < -0.39 is 0 Å². The van der Waals surface area contributed by atoms with Crippen molar-refractivity contribution in [2.24, 2.45) is 5.84 Å². The SMILES string of the molecule is Cc1csc(SCc2cc(C(=O)NN)co2)n1. The maximum absolute atomic E-state index is 11.2. The second kappa shape index (κ2) is 5.35. The zero-order valence-corrected chi connectivity index (χ0v) is 10.7. The number of rotatable bonds is 4. The summed E-state index contributed by atoms with van der Waals surface area (Å²) in [6.45, 7) is 1.96. The maximum Gasteiger partial charge on any atom is 0.268 e. The Labute approximate surface area is 106 Å². The van der Waals surface area contributed by atoms with Crippen molar-refractivity contribution in [2.45, 2.75) is 17.0 Å². The van der Waals surface area contributed by atoms with Crippen molar-refractivity contribution >= 4 is 29.0 Å². The predicted octanol–water partition coefficient (Wildman–Crippen LogP) is 1.94. The Kier molecular flexibility index (Phi) is 3.82. The molecule has 3 N–H and O–H groups in total. The van der Waals surface area contributed by atoms with Crippen LogP contribution in [-0.4, -0.2) is 10.9 Å². The summed E-state index contributed by atoms with van der Waals surface area (Å²) in [6, 6.07) is 1.68. The molecule has 2 aromatic heterocycles. The Hall–Kier alpha value is -1.31. The summed E-state index contributed by atoms with van der Waals surface area (Å²) < 4.78 is 6.25. The van der Waals surface area contributed by atoms with Crippen molar-refractivity contribution in [2.75, 3.05) is 0 Å². The number of nitrogens with one attached hydrogen (secondary N) is 1. The van der Waals surface area contributed by atoms with Gasteiger partial charge in [-0.15, -0.1) is 11.3 Å². The van der Waals surface area contributed by atoms with Crippen LogP contribution in [0.15, 0.2) is 26.5 Å². The molecule has 5 nitrogen and oxygen atoms in total. The largest absolute Gasteiger partial charge is 0.468 e. The molecular formula is C10H11N3O2S2. The standard InChI is InChI=1S/C10H11N3O2S2/c1-6-4-16-10(12-6)17-5-8-2-7(3-15-8)9(14)13-11/h2-4H,5,11H2,1H3,(H,13,14). The second-order valence-corrected chi connectivity index (χ2v) is 5.40. The van der Waals surface area contributed by atoms with Crippen LogP contribution in [0, 0.1) is 6.92 Å². The zero-order chi connectivity index (χ0) is 12.3. The summed E-state index contributed by atoms with van der Waals surface area (Å²) >= 11 is 3.18. The molecule has 0 aromatic carbocycles. The summed E-state index contributed by atoms with van der Waals surface area (Å²) in [5.41, 5.74) is 3.50. The first-order valence-electron chi connectivity index (χ1n) is 4.82. The van der Waals surface area contributed by atoms with E-state index in [0.717, 1.165) is 15.8 Å². The van der Waals surface area contributed by atoms with Gasteiger partial charge in [0.1, 0.15) is 12.0 Å². The van der Waals surface area contributed by atoms with Gasteiger partial charge >= 0.3 is 0 Å². The van der Waals surface area contributed by atoms with Gasteiger partial charge in [0.25, 0.3) is 5.91 Å². The molecule has 0 fully saturated rings. The third kappa shape index (κ3) is 3.09. The van der Waals surface area contributed by atoms with E-state index >= 15 is 0 Å². The molecular weight excluding hydrogens is 258 g/mol. The summed E-state index contributed by atoms with van der Waals surface area (Å²) in [6.07, 6.45) is 1.39. The van der Waals surface area contributed by atoms with Gasteiger partial charge < -0.3 is 4.42 Å². The van der Waals surface area contributed by atoms with Crippen LogP contribution in [0.2, 0.25) is 0 Å². The highest BCUT2D eigenvalue weighted by Gasteiger charge is 2.09. The van der Waals surface area contributed by atoms with Gasteiger partial charge in [-0.2, -0.15) is 0 Å².